The first kappa shape index (κ1) is 9.43. The summed E-state index contributed by atoms with van der Waals surface area (Å²) in [5.41, 5.74) is 5.02. The standard InChI is InChI=1S/C16H14O/c1-15(2)16(17-15)13-9-5-3-7-11(13)12-8-4-6-10-14(12)16/h3-10H,1-2H3. The predicted octanol–water partition coefficient (Wildman–Crippen LogP) is 3.72. The van der Waals surface area contributed by atoms with Crippen molar-refractivity contribution in [2.24, 2.45) is 0 Å². The smallest absolute Gasteiger partial charge is 0.148 e. The van der Waals surface area contributed by atoms with E-state index in [4.69, 9.17) is 4.74 Å². The Labute approximate surface area is 101 Å². The third-order valence-electron chi connectivity index (χ3n) is 4.12. The summed E-state index contributed by atoms with van der Waals surface area (Å²) >= 11 is 0. The minimum absolute atomic E-state index is 0.0876. The topological polar surface area (TPSA) is 12.5 Å². The van der Waals surface area contributed by atoms with Gasteiger partial charge in [-0.05, 0) is 36.1 Å². The van der Waals surface area contributed by atoms with Crippen molar-refractivity contribution < 1.29 is 4.74 Å². The van der Waals surface area contributed by atoms with Crippen LogP contribution >= 0.6 is 0 Å². The van der Waals surface area contributed by atoms with E-state index in [2.05, 4.69) is 62.4 Å². The van der Waals surface area contributed by atoms with Crippen LogP contribution in [0.4, 0.5) is 0 Å². The van der Waals surface area contributed by atoms with Crippen molar-refractivity contribution >= 4 is 0 Å². The van der Waals surface area contributed by atoms with Crippen LogP contribution in [0.1, 0.15) is 25.0 Å². The maximum atomic E-state index is 6.11. The van der Waals surface area contributed by atoms with Gasteiger partial charge in [0.2, 0.25) is 0 Å². The zero-order valence-corrected chi connectivity index (χ0v) is 10.0. The molecule has 0 atom stereocenters. The summed E-state index contributed by atoms with van der Waals surface area (Å²) in [5.74, 6) is 0. The third-order valence-corrected chi connectivity index (χ3v) is 4.12. The molecule has 1 nitrogen and oxygen atoms in total. The Morgan fingerprint density at radius 2 is 1.18 bits per heavy atom. The molecule has 1 aliphatic carbocycles. The highest BCUT2D eigenvalue weighted by Crippen LogP contribution is 2.66. The zero-order valence-electron chi connectivity index (χ0n) is 10.0. The van der Waals surface area contributed by atoms with Gasteiger partial charge in [0.25, 0.3) is 0 Å². The summed E-state index contributed by atoms with van der Waals surface area (Å²) in [6, 6.07) is 17.2. The molecule has 0 saturated carbocycles. The van der Waals surface area contributed by atoms with Crippen LogP contribution in [0.25, 0.3) is 11.1 Å². The van der Waals surface area contributed by atoms with E-state index >= 15 is 0 Å². The lowest BCUT2D eigenvalue weighted by atomic mass is 9.86. The fourth-order valence-corrected chi connectivity index (χ4v) is 3.31. The molecule has 1 fully saturated rings. The fraction of sp³-hybridized carbons (Fsp3) is 0.250. The molecule has 4 rings (SSSR count). The molecule has 0 N–H and O–H groups in total. The maximum absolute atomic E-state index is 6.11. The lowest BCUT2D eigenvalue weighted by Gasteiger charge is -2.10. The van der Waals surface area contributed by atoms with Gasteiger partial charge in [0.05, 0.1) is 0 Å². The highest BCUT2D eigenvalue weighted by atomic mass is 16.6. The number of ether oxygens (including phenoxy) is 1. The molecule has 84 valence electrons. The van der Waals surface area contributed by atoms with Crippen molar-refractivity contribution in [2.75, 3.05) is 0 Å². The molecule has 2 aromatic carbocycles. The first-order chi connectivity index (χ1) is 8.17. The van der Waals surface area contributed by atoms with Gasteiger partial charge in [-0.1, -0.05) is 48.5 Å². The molecule has 0 amide bonds. The molecule has 0 unspecified atom stereocenters. The second kappa shape index (κ2) is 2.62. The van der Waals surface area contributed by atoms with Crippen molar-refractivity contribution in [3.63, 3.8) is 0 Å². The van der Waals surface area contributed by atoms with E-state index in [0.717, 1.165) is 0 Å². The molecule has 1 spiro atoms. The molecule has 1 aliphatic heterocycles. The van der Waals surface area contributed by atoms with Crippen LogP contribution in [-0.2, 0) is 10.3 Å². The van der Waals surface area contributed by atoms with Crippen molar-refractivity contribution in [3.05, 3.63) is 59.7 Å². The summed E-state index contributed by atoms with van der Waals surface area (Å²) < 4.78 is 6.11. The van der Waals surface area contributed by atoms with Crippen LogP contribution < -0.4 is 0 Å². The van der Waals surface area contributed by atoms with Crippen LogP contribution in [0.2, 0.25) is 0 Å². The molecule has 1 heterocycles. The Morgan fingerprint density at radius 3 is 1.59 bits per heavy atom. The van der Waals surface area contributed by atoms with E-state index < -0.39 is 0 Å². The van der Waals surface area contributed by atoms with Crippen LogP contribution in [-0.4, -0.2) is 5.60 Å². The average Bonchev–Trinajstić information content (AvgIpc) is 2.81. The molecule has 17 heavy (non-hydrogen) atoms. The lowest BCUT2D eigenvalue weighted by Crippen LogP contribution is -2.16. The van der Waals surface area contributed by atoms with E-state index in [9.17, 15) is 0 Å². The van der Waals surface area contributed by atoms with Gasteiger partial charge in [-0.3, -0.25) is 0 Å². The Bertz CT molecular complexity index is 579. The molecule has 0 radical (unpaired) electrons. The second-order valence-electron chi connectivity index (χ2n) is 5.38. The summed E-state index contributed by atoms with van der Waals surface area (Å²) in [6.45, 7) is 4.34. The maximum Gasteiger partial charge on any atom is 0.148 e. The SMILES string of the molecule is CC1(C)OC12c1ccccc1-c1ccccc12. The number of fused-ring (bicyclic) bond motifs is 5. The number of hydrogen-bond donors (Lipinski definition) is 0. The molecule has 1 saturated heterocycles. The number of rotatable bonds is 0. The lowest BCUT2D eigenvalue weighted by molar-refractivity contribution is 0.300. The fourth-order valence-electron chi connectivity index (χ4n) is 3.31. The Morgan fingerprint density at radius 1 is 0.765 bits per heavy atom. The predicted molar refractivity (Wildman–Crippen MR) is 67.8 cm³/mol. The highest BCUT2D eigenvalue weighted by molar-refractivity contribution is 5.82. The normalized spacial score (nSPS) is 21.1. The van der Waals surface area contributed by atoms with Gasteiger partial charge in [-0.2, -0.15) is 0 Å². The number of hydrogen-bond acceptors (Lipinski definition) is 1. The summed E-state index contributed by atoms with van der Waals surface area (Å²) in [6.07, 6.45) is 0. The first-order valence-electron chi connectivity index (χ1n) is 6.06. The summed E-state index contributed by atoms with van der Waals surface area (Å²) in [4.78, 5) is 0. The van der Waals surface area contributed by atoms with E-state index in [-0.39, 0.29) is 11.2 Å². The molecule has 0 aromatic heterocycles. The van der Waals surface area contributed by atoms with Crippen molar-refractivity contribution in [1.29, 1.82) is 0 Å². The van der Waals surface area contributed by atoms with Gasteiger partial charge >= 0.3 is 0 Å². The molecule has 1 heteroatoms. The monoisotopic (exact) mass is 222 g/mol. The van der Waals surface area contributed by atoms with E-state index in [0.29, 0.717) is 0 Å². The zero-order chi connectivity index (χ0) is 11.7. The molecular formula is C16H14O. The average molecular weight is 222 g/mol. The van der Waals surface area contributed by atoms with Gasteiger partial charge < -0.3 is 4.74 Å². The van der Waals surface area contributed by atoms with E-state index in [1.54, 1.807) is 0 Å². The van der Waals surface area contributed by atoms with Gasteiger partial charge in [-0.15, -0.1) is 0 Å². The Balaban J connectivity index is 2.12. The number of benzene rings is 2. The molecule has 2 aliphatic rings. The summed E-state index contributed by atoms with van der Waals surface area (Å²) in [5, 5.41) is 0. The van der Waals surface area contributed by atoms with Crippen LogP contribution in [0.15, 0.2) is 48.5 Å². The quantitative estimate of drug-likeness (QED) is 0.619. The van der Waals surface area contributed by atoms with Gasteiger partial charge in [-0.25, -0.2) is 0 Å². The van der Waals surface area contributed by atoms with E-state index in [1.807, 2.05) is 0 Å². The van der Waals surface area contributed by atoms with Gasteiger partial charge in [0, 0.05) is 0 Å². The summed E-state index contributed by atoms with van der Waals surface area (Å²) in [7, 11) is 0. The third kappa shape index (κ3) is 0.907. The molecule has 2 aromatic rings. The van der Waals surface area contributed by atoms with Crippen molar-refractivity contribution in [2.45, 2.75) is 25.0 Å². The molecule has 0 bridgehead atoms. The second-order valence-corrected chi connectivity index (χ2v) is 5.38. The van der Waals surface area contributed by atoms with Gasteiger partial charge in [0.15, 0.2) is 0 Å². The van der Waals surface area contributed by atoms with Crippen molar-refractivity contribution in [3.8, 4) is 11.1 Å². The van der Waals surface area contributed by atoms with Crippen LogP contribution in [0.5, 0.6) is 0 Å². The molecular weight excluding hydrogens is 208 g/mol. The Hall–Kier alpha value is -1.60. The van der Waals surface area contributed by atoms with Gasteiger partial charge in [0.1, 0.15) is 11.2 Å². The van der Waals surface area contributed by atoms with Crippen LogP contribution in [0, 0.1) is 0 Å². The first-order valence-corrected chi connectivity index (χ1v) is 6.06. The van der Waals surface area contributed by atoms with Crippen LogP contribution in [0.3, 0.4) is 0 Å². The van der Waals surface area contributed by atoms with E-state index in [1.165, 1.54) is 22.3 Å². The minimum atomic E-state index is -0.194. The largest absolute Gasteiger partial charge is 0.353 e. The Kier molecular flexibility index (Phi) is 1.46. The highest BCUT2D eigenvalue weighted by Gasteiger charge is 2.69. The van der Waals surface area contributed by atoms with Crippen molar-refractivity contribution in [1.82, 2.24) is 0 Å². The minimum Gasteiger partial charge on any atom is -0.353 e. The number of epoxide rings is 1.